The maximum absolute atomic E-state index is 9.85. The molecule has 1 aromatic heterocycles. The Bertz CT molecular complexity index is 1550. The van der Waals surface area contributed by atoms with Crippen LogP contribution < -0.4 is 14.8 Å². The molecule has 7 nitrogen and oxygen atoms in total. The minimum atomic E-state index is 0.368. The second kappa shape index (κ2) is 12.1. The molecule has 4 aromatic rings. The van der Waals surface area contributed by atoms with Gasteiger partial charge in [-0.05, 0) is 35.7 Å². The number of halogens is 2. The molecule has 9 heteroatoms. The third-order valence-corrected chi connectivity index (χ3v) is 7.48. The number of nitrogens with zero attached hydrogens (tertiary/aromatic N) is 3. The lowest BCUT2D eigenvalue weighted by molar-refractivity contribution is 0.0384. The zero-order valence-electron chi connectivity index (χ0n) is 21.8. The Kier molecular flexibility index (Phi) is 8.39. The summed E-state index contributed by atoms with van der Waals surface area (Å²) < 4.78 is 16.6. The first-order chi connectivity index (χ1) is 19.0. The topological polar surface area (TPSA) is 79.6 Å². The van der Waals surface area contributed by atoms with Gasteiger partial charge in [-0.2, -0.15) is 5.26 Å². The summed E-state index contributed by atoms with van der Waals surface area (Å²) in [4.78, 5) is 7.02. The van der Waals surface area contributed by atoms with Crippen molar-refractivity contribution in [2.45, 2.75) is 6.42 Å². The van der Waals surface area contributed by atoms with Crippen molar-refractivity contribution < 1.29 is 14.2 Å². The fourth-order valence-electron chi connectivity index (χ4n) is 4.76. The van der Waals surface area contributed by atoms with Gasteiger partial charge in [-0.1, -0.05) is 47.5 Å². The number of pyridine rings is 1. The maximum atomic E-state index is 9.85. The van der Waals surface area contributed by atoms with Gasteiger partial charge in [0, 0.05) is 42.8 Å². The average Bonchev–Trinajstić information content (AvgIpc) is 2.97. The van der Waals surface area contributed by atoms with E-state index in [9.17, 15) is 5.26 Å². The predicted molar refractivity (Wildman–Crippen MR) is 156 cm³/mol. The minimum absolute atomic E-state index is 0.368. The highest BCUT2D eigenvalue weighted by Gasteiger charge is 2.17. The van der Waals surface area contributed by atoms with Crippen LogP contribution in [0.1, 0.15) is 11.1 Å². The van der Waals surface area contributed by atoms with Gasteiger partial charge in [-0.3, -0.25) is 9.88 Å². The molecule has 5 rings (SSSR count). The minimum Gasteiger partial charge on any atom is -0.496 e. The van der Waals surface area contributed by atoms with Crippen molar-refractivity contribution in [3.8, 4) is 28.7 Å². The van der Waals surface area contributed by atoms with Crippen molar-refractivity contribution in [3.05, 3.63) is 75.9 Å². The summed E-state index contributed by atoms with van der Waals surface area (Å²) in [6, 6.07) is 17.9. The number of fused-ring (bicyclic) bond motifs is 1. The van der Waals surface area contributed by atoms with Crippen LogP contribution >= 0.6 is 23.2 Å². The molecular weight excluding hydrogens is 535 g/mol. The summed E-state index contributed by atoms with van der Waals surface area (Å²) in [6.45, 7) is 4.53. The molecule has 0 unspecified atom stereocenters. The molecule has 0 aliphatic carbocycles. The van der Waals surface area contributed by atoms with Crippen LogP contribution in [-0.2, 0) is 11.2 Å². The van der Waals surface area contributed by atoms with Crippen LogP contribution in [0.2, 0.25) is 10.0 Å². The molecule has 1 aliphatic rings. The number of anilines is 2. The van der Waals surface area contributed by atoms with Gasteiger partial charge in [-0.15, -0.1) is 0 Å². The number of hydrogen-bond acceptors (Lipinski definition) is 7. The highest BCUT2D eigenvalue weighted by molar-refractivity contribution is 6.37. The SMILES string of the molecule is COc1cc(Nc2c(C#N)cnc3cc(-c4cccc(CCN5CCOCC5)c4)c(OC)cc23)c(Cl)cc1Cl. The van der Waals surface area contributed by atoms with E-state index in [2.05, 4.69) is 45.5 Å². The third kappa shape index (κ3) is 5.90. The Morgan fingerprint density at radius 1 is 1.03 bits per heavy atom. The number of nitriles is 1. The Labute approximate surface area is 237 Å². The number of ether oxygens (including phenoxy) is 3. The molecule has 0 spiro atoms. The van der Waals surface area contributed by atoms with E-state index in [1.807, 2.05) is 12.1 Å². The van der Waals surface area contributed by atoms with E-state index in [1.54, 1.807) is 25.4 Å². The van der Waals surface area contributed by atoms with E-state index in [0.717, 1.165) is 55.8 Å². The van der Waals surface area contributed by atoms with Crippen LogP contribution in [0, 0.1) is 11.3 Å². The molecule has 1 fully saturated rings. The van der Waals surface area contributed by atoms with Crippen LogP contribution in [0.3, 0.4) is 0 Å². The Hall–Kier alpha value is -3.54. The normalized spacial score (nSPS) is 13.7. The summed E-state index contributed by atoms with van der Waals surface area (Å²) in [5.41, 5.74) is 5.42. The van der Waals surface area contributed by atoms with Crippen molar-refractivity contribution in [1.82, 2.24) is 9.88 Å². The molecule has 0 amide bonds. The summed E-state index contributed by atoms with van der Waals surface area (Å²) in [5, 5.41) is 14.7. The van der Waals surface area contributed by atoms with Crippen LogP contribution in [-0.4, -0.2) is 57.0 Å². The van der Waals surface area contributed by atoms with Gasteiger partial charge in [0.15, 0.2) is 0 Å². The van der Waals surface area contributed by atoms with Crippen molar-refractivity contribution in [2.24, 2.45) is 0 Å². The molecular formula is C30H28Cl2N4O3. The second-order valence-electron chi connectivity index (χ2n) is 9.22. The van der Waals surface area contributed by atoms with Gasteiger partial charge in [0.05, 0.1) is 59.9 Å². The lowest BCUT2D eigenvalue weighted by atomic mass is 9.98. The van der Waals surface area contributed by atoms with Crippen molar-refractivity contribution >= 4 is 45.5 Å². The molecule has 0 radical (unpaired) electrons. The zero-order chi connectivity index (χ0) is 27.4. The molecule has 1 N–H and O–H groups in total. The molecule has 0 saturated carbocycles. The van der Waals surface area contributed by atoms with Gasteiger partial charge in [0.2, 0.25) is 0 Å². The fourth-order valence-corrected chi connectivity index (χ4v) is 5.26. The van der Waals surface area contributed by atoms with Crippen LogP contribution in [0.5, 0.6) is 11.5 Å². The first kappa shape index (κ1) is 27.0. The summed E-state index contributed by atoms with van der Waals surface area (Å²) in [6.07, 6.45) is 2.51. The van der Waals surface area contributed by atoms with E-state index in [1.165, 1.54) is 12.7 Å². The van der Waals surface area contributed by atoms with Gasteiger partial charge in [0.25, 0.3) is 0 Å². The smallest absolute Gasteiger partial charge is 0.139 e. The van der Waals surface area contributed by atoms with E-state index < -0.39 is 0 Å². The van der Waals surface area contributed by atoms with Crippen LogP contribution in [0.25, 0.3) is 22.0 Å². The lowest BCUT2D eigenvalue weighted by Gasteiger charge is -2.26. The highest BCUT2D eigenvalue weighted by Crippen LogP contribution is 2.41. The molecule has 0 bridgehead atoms. The van der Waals surface area contributed by atoms with Gasteiger partial charge < -0.3 is 19.5 Å². The first-order valence-electron chi connectivity index (χ1n) is 12.6. The van der Waals surface area contributed by atoms with E-state index in [-0.39, 0.29) is 0 Å². The molecule has 3 aromatic carbocycles. The molecule has 200 valence electrons. The van der Waals surface area contributed by atoms with Crippen molar-refractivity contribution in [2.75, 3.05) is 52.4 Å². The molecule has 39 heavy (non-hydrogen) atoms. The molecule has 2 heterocycles. The van der Waals surface area contributed by atoms with Gasteiger partial charge in [0.1, 0.15) is 17.6 Å². The third-order valence-electron chi connectivity index (χ3n) is 6.87. The van der Waals surface area contributed by atoms with Gasteiger partial charge in [-0.25, -0.2) is 0 Å². The van der Waals surface area contributed by atoms with Crippen LogP contribution in [0.4, 0.5) is 11.4 Å². The van der Waals surface area contributed by atoms with Crippen molar-refractivity contribution in [1.29, 1.82) is 5.26 Å². The number of methoxy groups -OCH3 is 2. The number of aromatic nitrogens is 1. The summed E-state index contributed by atoms with van der Waals surface area (Å²) in [5.74, 6) is 1.14. The Balaban J connectivity index is 1.52. The standard InChI is InChI=1S/C30H28Cl2N4O3/c1-37-28-14-23-26(13-22(28)20-5-3-4-19(12-20)6-7-36-8-10-39-11-9-36)34-18-21(17-33)30(23)35-27-16-29(38-2)25(32)15-24(27)31/h3-5,12-16,18H,6-11H2,1-2H3,(H,34,35). The Morgan fingerprint density at radius 3 is 2.56 bits per heavy atom. The monoisotopic (exact) mass is 562 g/mol. The van der Waals surface area contributed by atoms with E-state index in [4.69, 9.17) is 37.4 Å². The number of rotatable bonds is 8. The number of morpholine rings is 1. The van der Waals surface area contributed by atoms with Crippen LogP contribution in [0.15, 0.2) is 54.7 Å². The molecule has 0 atom stereocenters. The summed E-state index contributed by atoms with van der Waals surface area (Å²) in [7, 11) is 3.17. The van der Waals surface area contributed by atoms with E-state index >= 15 is 0 Å². The van der Waals surface area contributed by atoms with Gasteiger partial charge >= 0.3 is 0 Å². The molecule has 1 aliphatic heterocycles. The summed E-state index contributed by atoms with van der Waals surface area (Å²) >= 11 is 12.7. The molecule has 1 saturated heterocycles. The second-order valence-corrected chi connectivity index (χ2v) is 10.0. The van der Waals surface area contributed by atoms with E-state index in [0.29, 0.717) is 44.0 Å². The maximum Gasteiger partial charge on any atom is 0.139 e. The fraction of sp³-hybridized carbons (Fsp3) is 0.267. The van der Waals surface area contributed by atoms with Crippen molar-refractivity contribution in [3.63, 3.8) is 0 Å². The largest absolute Gasteiger partial charge is 0.496 e. The predicted octanol–water partition coefficient (Wildman–Crippen LogP) is 6.72. The lowest BCUT2D eigenvalue weighted by Crippen LogP contribution is -2.37. The first-order valence-corrected chi connectivity index (χ1v) is 13.4. The zero-order valence-corrected chi connectivity index (χ0v) is 23.3. The average molecular weight is 563 g/mol. The Morgan fingerprint density at radius 2 is 1.82 bits per heavy atom. The quantitative estimate of drug-likeness (QED) is 0.255. The number of hydrogen-bond donors (Lipinski definition) is 1. The highest BCUT2D eigenvalue weighted by atomic mass is 35.5. The number of benzene rings is 3. The number of nitrogens with one attached hydrogen (secondary N) is 1.